The Morgan fingerprint density at radius 2 is 2.43 bits per heavy atom. The third kappa shape index (κ3) is 3.28. The number of rotatable bonds is 4. The molecule has 0 spiro atoms. The average molecular weight is 286 g/mol. The van der Waals surface area contributed by atoms with Gasteiger partial charge in [0.05, 0.1) is 0 Å². The molecule has 21 heavy (non-hydrogen) atoms. The first kappa shape index (κ1) is 13.8. The van der Waals surface area contributed by atoms with E-state index in [1.165, 1.54) is 6.39 Å². The van der Waals surface area contributed by atoms with E-state index in [-0.39, 0.29) is 5.91 Å². The van der Waals surface area contributed by atoms with Gasteiger partial charge in [-0.25, -0.2) is 0 Å². The van der Waals surface area contributed by atoms with Crippen molar-refractivity contribution in [1.29, 1.82) is 0 Å². The lowest BCUT2D eigenvalue weighted by molar-refractivity contribution is -0.116. The molecule has 1 aromatic heterocycles. The highest BCUT2D eigenvalue weighted by Gasteiger charge is 2.18. The second-order valence-corrected chi connectivity index (χ2v) is 5.38. The van der Waals surface area contributed by atoms with Gasteiger partial charge in [0.15, 0.2) is 0 Å². The van der Waals surface area contributed by atoms with Crippen molar-refractivity contribution in [3.8, 4) is 11.5 Å². The molecule has 0 aliphatic carbocycles. The SMILES string of the molecule is Cc1cc(-c2nnco2)ccc1NC(=O)CC1CCNC1. The molecule has 0 bridgehead atoms. The number of amides is 1. The van der Waals surface area contributed by atoms with Crippen LogP contribution >= 0.6 is 0 Å². The van der Waals surface area contributed by atoms with E-state index in [1.807, 2.05) is 25.1 Å². The van der Waals surface area contributed by atoms with Crippen LogP contribution in [0.2, 0.25) is 0 Å². The largest absolute Gasteiger partial charge is 0.423 e. The third-order valence-corrected chi connectivity index (χ3v) is 3.74. The standard InChI is InChI=1S/C15H18N4O2/c1-10-6-12(15-19-17-9-21-15)2-3-13(10)18-14(20)7-11-4-5-16-8-11/h2-3,6,9,11,16H,4-5,7-8H2,1H3,(H,18,20). The average Bonchev–Trinajstić information content (AvgIpc) is 3.13. The molecule has 0 saturated carbocycles. The minimum absolute atomic E-state index is 0.0670. The van der Waals surface area contributed by atoms with Crippen LogP contribution in [-0.4, -0.2) is 29.2 Å². The summed E-state index contributed by atoms with van der Waals surface area (Å²) in [6, 6.07) is 5.67. The number of nitrogens with zero attached hydrogens (tertiary/aromatic N) is 2. The Hall–Kier alpha value is -2.21. The molecule has 0 radical (unpaired) electrons. The van der Waals surface area contributed by atoms with Crippen molar-refractivity contribution in [2.24, 2.45) is 5.92 Å². The molecule has 1 amide bonds. The summed E-state index contributed by atoms with van der Waals surface area (Å²) in [6.45, 7) is 3.89. The molecule has 1 fully saturated rings. The van der Waals surface area contributed by atoms with Gasteiger partial charge in [0, 0.05) is 17.7 Å². The quantitative estimate of drug-likeness (QED) is 0.898. The highest BCUT2D eigenvalue weighted by Crippen LogP contribution is 2.23. The van der Waals surface area contributed by atoms with Crippen LogP contribution in [0.1, 0.15) is 18.4 Å². The highest BCUT2D eigenvalue weighted by molar-refractivity contribution is 5.92. The molecule has 6 heteroatoms. The van der Waals surface area contributed by atoms with E-state index in [0.717, 1.165) is 36.3 Å². The molecular weight excluding hydrogens is 268 g/mol. The normalized spacial score (nSPS) is 17.9. The number of aromatic nitrogens is 2. The van der Waals surface area contributed by atoms with E-state index in [9.17, 15) is 4.79 Å². The van der Waals surface area contributed by atoms with Crippen molar-refractivity contribution in [3.63, 3.8) is 0 Å². The van der Waals surface area contributed by atoms with Crippen molar-refractivity contribution in [2.75, 3.05) is 18.4 Å². The van der Waals surface area contributed by atoms with Crippen molar-refractivity contribution >= 4 is 11.6 Å². The molecule has 2 aromatic rings. The lowest BCUT2D eigenvalue weighted by Crippen LogP contribution is -2.18. The Morgan fingerprint density at radius 3 is 3.10 bits per heavy atom. The first-order valence-corrected chi connectivity index (χ1v) is 7.10. The van der Waals surface area contributed by atoms with Crippen molar-refractivity contribution in [1.82, 2.24) is 15.5 Å². The molecule has 2 N–H and O–H groups in total. The van der Waals surface area contributed by atoms with Gasteiger partial charge in [0.1, 0.15) is 0 Å². The van der Waals surface area contributed by atoms with Crippen LogP contribution in [0.25, 0.3) is 11.5 Å². The number of carbonyl (C=O) groups is 1. The first-order chi connectivity index (χ1) is 10.2. The second-order valence-electron chi connectivity index (χ2n) is 5.38. The minimum atomic E-state index is 0.0670. The zero-order valence-electron chi connectivity index (χ0n) is 11.9. The Balaban J connectivity index is 1.66. The second kappa shape index (κ2) is 6.05. The molecule has 1 aliphatic heterocycles. The zero-order valence-corrected chi connectivity index (χ0v) is 11.9. The van der Waals surface area contributed by atoms with Crippen LogP contribution < -0.4 is 10.6 Å². The van der Waals surface area contributed by atoms with Gasteiger partial charge >= 0.3 is 0 Å². The van der Waals surface area contributed by atoms with E-state index >= 15 is 0 Å². The van der Waals surface area contributed by atoms with Gasteiger partial charge in [-0.2, -0.15) is 0 Å². The fourth-order valence-electron chi connectivity index (χ4n) is 2.59. The Labute approximate surface area is 123 Å². The predicted octanol–water partition coefficient (Wildman–Crippen LogP) is 1.98. The summed E-state index contributed by atoms with van der Waals surface area (Å²) in [5.41, 5.74) is 2.65. The van der Waals surface area contributed by atoms with E-state index < -0.39 is 0 Å². The smallest absolute Gasteiger partial charge is 0.247 e. The molecule has 1 aromatic carbocycles. The lowest BCUT2D eigenvalue weighted by atomic mass is 10.0. The molecule has 110 valence electrons. The minimum Gasteiger partial charge on any atom is -0.423 e. The monoisotopic (exact) mass is 286 g/mol. The number of carbonyl (C=O) groups excluding carboxylic acids is 1. The van der Waals surface area contributed by atoms with Crippen LogP contribution in [0, 0.1) is 12.8 Å². The van der Waals surface area contributed by atoms with Crippen molar-refractivity contribution in [3.05, 3.63) is 30.2 Å². The third-order valence-electron chi connectivity index (χ3n) is 3.74. The first-order valence-electron chi connectivity index (χ1n) is 7.10. The topological polar surface area (TPSA) is 80.1 Å². The van der Waals surface area contributed by atoms with Gasteiger partial charge in [-0.3, -0.25) is 4.79 Å². The predicted molar refractivity (Wildman–Crippen MR) is 78.7 cm³/mol. The fourth-order valence-corrected chi connectivity index (χ4v) is 2.59. The maximum atomic E-state index is 12.1. The van der Waals surface area contributed by atoms with Crippen molar-refractivity contribution < 1.29 is 9.21 Å². The Bertz CT molecular complexity index is 619. The van der Waals surface area contributed by atoms with Crippen LogP contribution in [0.3, 0.4) is 0 Å². The maximum absolute atomic E-state index is 12.1. The molecule has 1 aliphatic rings. The van der Waals surface area contributed by atoms with Gasteiger partial charge in [-0.1, -0.05) is 0 Å². The molecule has 3 rings (SSSR count). The summed E-state index contributed by atoms with van der Waals surface area (Å²) in [5, 5.41) is 13.8. The number of benzene rings is 1. The summed E-state index contributed by atoms with van der Waals surface area (Å²) in [6.07, 6.45) is 2.94. The number of hydrogen-bond acceptors (Lipinski definition) is 5. The summed E-state index contributed by atoms with van der Waals surface area (Å²) >= 11 is 0. The summed E-state index contributed by atoms with van der Waals surface area (Å²) < 4.78 is 5.17. The molecule has 1 saturated heterocycles. The Kier molecular flexibility index (Phi) is 3.96. The van der Waals surface area contributed by atoms with Gasteiger partial charge in [-0.05, 0) is 56.1 Å². The van der Waals surface area contributed by atoms with Crippen LogP contribution in [-0.2, 0) is 4.79 Å². The van der Waals surface area contributed by atoms with Crippen LogP contribution in [0.4, 0.5) is 5.69 Å². The summed E-state index contributed by atoms with van der Waals surface area (Å²) in [4.78, 5) is 12.1. The van der Waals surface area contributed by atoms with Gasteiger partial charge < -0.3 is 15.1 Å². The van der Waals surface area contributed by atoms with Gasteiger partial charge in [-0.15, -0.1) is 10.2 Å². The number of hydrogen-bond donors (Lipinski definition) is 2. The number of anilines is 1. The van der Waals surface area contributed by atoms with Crippen molar-refractivity contribution in [2.45, 2.75) is 19.8 Å². The maximum Gasteiger partial charge on any atom is 0.247 e. The van der Waals surface area contributed by atoms with Crippen LogP contribution in [0.15, 0.2) is 29.0 Å². The fraction of sp³-hybridized carbons (Fsp3) is 0.400. The van der Waals surface area contributed by atoms with Gasteiger partial charge in [0.2, 0.25) is 18.2 Å². The van der Waals surface area contributed by atoms with E-state index in [2.05, 4.69) is 20.8 Å². The zero-order chi connectivity index (χ0) is 14.7. The van der Waals surface area contributed by atoms with Crippen LogP contribution in [0.5, 0.6) is 0 Å². The van der Waals surface area contributed by atoms with E-state index in [4.69, 9.17) is 4.42 Å². The molecular formula is C15H18N4O2. The van der Waals surface area contributed by atoms with Gasteiger partial charge in [0.25, 0.3) is 0 Å². The molecule has 2 heterocycles. The lowest BCUT2D eigenvalue weighted by Gasteiger charge is -2.11. The molecule has 1 unspecified atom stereocenters. The number of aryl methyl sites for hydroxylation is 1. The molecule has 6 nitrogen and oxygen atoms in total. The van der Waals surface area contributed by atoms with E-state index in [1.54, 1.807) is 0 Å². The summed E-state index contributed by atoms with van der Waals surface area (Å²) in [7, 11) is 0. The molecule has 1 atom stereocenters. The highest BCUT2D eigenvalue weighted by atomic mass is 16.4. The van der Waals surface area contributed by atoms with E-state index in [0.29, 0.717) is 18.2 Å². The number of nitrogens with one attached hydrogen (secondary N) is 2. The summed E-state index contributed by atoms with van der Waals surface area (Å²) in [5.74, 6) is 0.994. The Morgan fingerprint density at radius 1 is 1.52 bits per heavy atom.